The fraction of sp³-hybridized carbons (Fsp3) is 0.889. The average Bonchev–Trinajstić information content (AvgIpc) is 2.12. The van der Waals surface area contributed by atoms with E-state index in [1.165, 1.54) is 0 Å². The number of nitrogens with one attached hydrogen (secondary N) is 1. The van der Waals surface area contributed by atoms with Gasteiger partial charge in [0.15, 0.2) is 9.84 Å². The van der Waals surface area contributed by atoms with Crippen LogP contribution in [-0.4, -0.2) is 54.8 Å². The first-order valence-electron chi connectivity index (χ1n) is 5.18. The lowest BCUT2D eigenvalue weighted by Crippen LogP contribution is -2.73. The zero-order chi connectivity index (χ0) is 12.0. The van der Waals surface area contributed by atoms with Crippen LogP contribution in [0.5, 0.6) is 0 Å². The maximum atomic E-state index is 11.6. The molecule has 0 radical (unpaired) electrons. The van der Waals surface area contributed by atoms with Gasteiger partial charge in [0.2, 0.25) is 0 Å². The van der Waals surface area contributed by atoms with E-state index >= 15 is 0 Å². The highest BCUT2D eigenvalue weighted by atomic mass is 32.2. The number of sulfone groups is 1. The Morgan fingerprint density at radius 2 is 1.94 bits per heavy atom. The summed E-state index contributed by atoms with van der Waals surface area (Å²) in [5.74, 6) is -1.64. The number of carbonyl (C=O) groups is 1. The van der Waals surface area contributed by atoms with Crippen molar-refractivity contribution in [2.24, 2.45) is 5.41 Å². The third-order valence-electron chi connectivity index (χ3n) is 3.66. The van der Waals surface area contributed by atoms with E-state index in [0.717, 1.165) is 0 Å². The molecule has 16 heavy (non-hydrogen) atoms. The van der Waals surface area contributed by atoms with Crippen molar-refractivity contribution in [2.75, 3.05) is 24.6 Å². The van der Waals surface area contributed by atoms with Crippen molar-refractivity contribution in [1.82, 2.24) is 5.32 Å². The molecule has 0 saturated carbocycles. The van der Waals surface area contributed by atoms with Gasteiger partial charge in [-0.05, 0) is 12.8 Å². The molecule has 0 aliphatic carbocycles. The van der Waals surface area contributed by atoms with Gasteiger partial charge in [0.1, 0.15) is 11.0 Å². The summed E-state index contributed by atoms with van der Waals surface area (Å²) in [6.07, 6.45) is 0.524. The molecule has 0 aromatic carbocycles. The molecule has 6 nitrogen and oxygen atoms in total. The summed E-state index contributed by atoms with van der Waals surface area (Å²) >= 11 is 0. The second-order valence-corrected chi connectivity index (χ2v) is 6.90. The van der Waals surface area contributed by atoms with Crippen LogP contribution in [-0.2, 0) is 14.6 Å². The summed E-state index contributed by atoms with van der Waals surface area (Å²) in [6.45, 7) is 0.295. The first-order valence-corrected chi connectivity index (χ1v) is 7.00. The second kappa shape index (κ2) is 3.41. The summed E-state index contributed by atoms with van der Waals surface area (Å²) in [5.41, 5.74) is -2.96. The molecule has 2 aliphatic rings. The largest absolute Gasteiger partial charge is 0.481 e. The first kappa shape index (κ1) is 11.8. The van der Waals surface area contributed by atoms with Gasteiger partial charge in [0.25, 0.3) is 0 Å². The Labute approximate surface area is 93.6 Å². The van der Waals surface area contributed by atoms with Crippen LogP contribution < -0.4 is 5.32 Å². The monoisotopic (exact) mass is 249 g/mol. The SMILES string of the molecule is O=C(O)C1(C2(O)CNC2)CCCS(=O)(=O)C1. The van der Waals surface area contributed by atoms with E-state index in [-0.39, 0.29) is 25.3 Å². The van der Waals surface area contributed by atoms with E-state index in [9.17, 15) is 23.4 Å². The highest BCUT2D eigenvalue weighted by Crippen LogP contribution is 2.43. The van der Waals surface area contributed by atoms with Gasteiger partial charge in [-0.15, -0.1) is 0 Å². The predicted molar refractivity (Wildman–Crippen MR) is 55.8 cm³/mol. The van der Waals surface area contributed by atoms with Crippen molar-refractivity contribution in [3.8, 4) is 0 Å². The molecule has 0 aromatic rings. The lowest BCUT2D eigenvalue weighted by atomic mass is 9.67. The van der Waals surface area contributed by atoms with E-state index in [1.807, 2.05) is 0 Å². The van der Waals surface area contributed by atoms with Crippen LogP contribution in [0.2, 0.25) is 0 Å². The Hall–Kier alpha value is -0.660. The minimum atomic E-state index is -3.36. The number of carboxylic acid groups (broad SMARTS) is 1. The molecular weight excluding hydrogens is 234 g/mol. The Morgan fingerprint density at radius 1 is 1.31 bits per heavy atom. The van der Waals surface area contributed by atoms with Crippen LogP contribution in [0, 0.1) is 5.41 Å². The Bertz CT molecular complexity index is 414. The number of rotatable bonds is 2. The van der Waals surface area contributed by atoms with E-state index in [4.69, 9.17) is 0 Å². The van der Waals surface area contributed by atoms with Crippen LogP contribution in [0.1, 0.15) is 12.8 Å². The second-order valence-electron chi connectivity index (χ2n) is 4.72. The van der Waals surface area contributed by atoms with Gasteiger partial charge in [-0.1, -0.05) is 0 Å². The number of hydrogen-bond donors (Lipinski definition) is 3. The van der Waals surface area contributed by atoms with Crippen molar-refractivity contribution in [3.63, 3.8) is 0 Å². The molecule has 2 aliphatic heterocycles. The molecule has 2 heterocycles. The van der Waals surface area contributed by atoms with Gasteiger partial charge >= 0.3 is 5.97 Å². The maximum Gasteiger partial charge on any atom is 0.313 e. The third-order valence-corrected chi connectivity index (χ3v) is 5.50. The van der Waals surface area contributed by atoms with Gasteiger partial charge in [-0.25, -0.2) is 8.42 Å². The van der Waals surface area contributed by atoms with Crippen LogP contribution in [0.4, 0.5) is 0 Å². The van der Waals surface area contributed by atoms with Crippen molar-refractivity contribution in [3.05, 3.63) is 0 Å². The molecule has 0 spiro atoms. The lowest BCUT2D eigenvalue weighted by Gasteiger charge is -2.51. The zero-order valence-electron chi connectivity index (χ0n) is 8.77. The highest BCUT2D eigenvalue weighted by molar-refractivity contribution is 7.91. The van der Waals surface area contributed by atoms with Gasteiger partial charge < -0.3 is 15.5 Å². The number of hydrogen-bond acceptors (Lipinski definition) is 5. The summed E-state index contributed by atoms with van der Waals surface area (Å²) in [7, 11) is -3.36. The van der Waals surface area contributed by atoms with E-state index in [2.05, 4.69) is 5.32 Å². The normalized spacial score (nSPS) is 36.3. The molecule has 92 valence electrons. The van der Waals surface area contributed by atoms with Gasteiger partial charge in [0, 0.05) is 13.1 Å². The molecule has 2 rings (SSSR count). The summed E-state index contributed by atoms with van der Waals surface area (Å²) in [5, 5.41) is 22.2. The van der Waals surface area contributed by atoms with Crippen LogP contribution >= 0.6 is 0 Å². The highest BCUT2D eigenvalue weighted by Gasteiger charge is 2.61. The number of carboxylic acids is 1. The van der Waals surface area contributed by atoms with Crippen molar-refractivity contribution in [2.45, 2.75) is 18.4 Å². The third kappa shape index (κ3) is 1.54. The topological polar surface area (TPSA) is 104 Å². The Morgan fingerprint density at radius 3 is 2.31 bits per heavy atom. The van der Waals surface area contributed by atoms with Gasteiger partial charge in [-0.2, -0.15) is 0 Å². The number of aliphatic hydroxyl groups is 1. The Balaban J connectivity index is 2.40. The maximum absolute atomic E-state index is 11.6. The smallest absolute Gasteiger partial charge is 0.313 e. The predicted octanol–water partition coefficient (Wildman–Crippen LogP) is -1.40. The molecule has 2 fully saturated rings. The molecule has 3 N–H and O–H groups in total. The summed E-state index contributed by atoms with van der Waals surface area (Å²) in [6, 6.07) is 0. The fourth-order valence-electron chi connectivity index (χ4n) is 2.55. The van der Waals surface area contributed by atoms with Crippen molar-refractivity contribution < 1.29 is 23.4 Å². The minimum absolute atomic E-state index is 0.0194. The summed E-state index contributed by atoms with van der Waals surface area (Å²) in [4.78, 5) is 11.4. The molecule has 1 unspecified atom stereocenters. The van der Waals surface area contributed by atoms with Crippen LogP contribution in [0.15, 0.2) is 0 Å². The zero-order valence-corrected chi connectivity index (χ0v) is 9.59. The molecule has 0 amide bonds. The van der Waals surface area contributed by atoms with Crippen LogP contribution in [0.25, 0.3) is 0 Å². The van der Waals surface area contributed by atoms with E-state index < -0.39 is 32.6 Å². The average molecular weight is 249 g/mol. The first-order chi connectivity index (χ1) is 7.31. The molecule has 1 atom stereocenters. The van der Waals surface area contributed by atoms with Crippen molar-refractivity contribution in [1.29, 1.82) is 0 Å². The van der Waals surface area contributed by atoms with Crippen molar-refractivity contribution >= 4 is 15.8 Å². The molecule has 0 aromatic heterocycles. The van der Waals surface area contributed by atoms with Gasteiger partial charge in [0.05, 0.1) is 11.5 Å². The standard InChI is InChI=1S/C9H15NO5S/c11-7(12)8(9(13)4-10-5-9)2-1-3-16(14,15)6-8/h10,13H,1-6H2,(H,11,12). The van der Waals surface area contributed by atoms with E-state index in [1.54, 1.807) is 0 Å². The lowest BCUT2D eigenvalue weighted by molar-refractivity contribution is -0.176. The molecular formula is C9H15NO5S. The fourth-order valence-corrected chi connectivity index (χ4v) is 4.56. The van der Waals surface area contributed by atoms with Gasteiger partial charge in [-0.3, -0.25) is 4.79 Å². The van der Waals surface area contributed by atoms with Crippen LogP contribution in [0.3, 0.4) is 0 Å². The Kier molecular flexibility index (Phi) is 2.52. The minimum Gasteiger partial charge on any atom is -0.481 e. The number of aliphatic carboxylic acids is 1. The number of β-amino-alcohol motifs (C(OH)–C–C–N with tert-alkyl or cyclic N) is 1. The summed E-state index contributed by atoms with van der Waals surface area (Å²) < 4.78 is 23.1. The molecule has 7 heteroatoms. The molecule has 2 saturated heterocycles. The van der Waals surface area contributed by atoms with E-state index in [0.29, 0.717) is 6.42 Å². The molecule has 0 bridgehead atoms. The quantitative estimate of drug-likeness (QED) is 0.556.